The lowest BCUT2D eigenvalue weighted by Gasteiger charge is -2.18. The topological polar surface area (TPSA) is 51.2 Å². The smallest absolute Gasteiger partial charge is 0.269 e. The normalized spacial score (nSPS) is 22.2. The Morgan fingerprint density at radius 2 is 2.42 bits per heavy atom. The number of nitrogens with zero attached hydrogens (tertiary/aromatic N) is 1. The van der Waals surface area contributed by atoms with Crippen molar-refractivity contribution in [3.05, 3.63) is 41.2 Å². The molecule has 0 aromatic carbocycles. The first-order chi connectivity index (χ1) is 9.08. The number of carbonyl (C=O) groups excluding carboxylic acids is 1. The van der Waals surface area contributed by atoms with Crippen LogP contribution in [-0.2, 0) is 4.74 Å². The van der Waals surface area contributed by atoms with Crippen LogP contribution >= 0.6 is 11.6 Å². The molecule has 0 radical (unpaired) electrons. The number of aromatic nitrogens is 1. The molecule has 1 amide bonds. The van der Waals surface area contributed by atoms with Gasteiger partial charge in [-0.3, -0.25) is 4.79 Å². The van der Waals surface area contributed by atoms with Crippen LogP contribution in [0.5, 0.6) is 0 Å². The Morgan fingerprint density at radius 3 is 3.05 bits per heavy atom. The molecule has 0 bridgehead atoms. The van der Waals surface area contributed by atoms with E-state index in [1.165, 1.54) is 6.20 Å². The Morgan fingerprint density at radius 1 is 1.63 bits per heavy atom. The molecule has 4 nitrogen and oxygen atoms in total. The highest BCUT2D eigenvalue weighted by Crippen LogP contribution is 2.25. The molecule has 2 rings (SSSR count). The summed E-state index contributed by atoms with van der Waals surface area (Å²) in [7, 11) is 0. The SMILES string of the molecule is C=C(C)C1OCCC1CNC(=O)c1ccc(Cl)cn1. The number of halogens is 1. The second kappa shape index (κ2) is 6.17. The van der Waals surface area contributed by atoms with Crippen molar-refractivity contribution in [1.29, 1.82) is 0 Å². The Bertz CT molecular complexity index is 473. The molecule has 1 aliphatic heterocycles. The zero-order valence-electron chi connectivity index (χ0n) is 10.9. The number of carbonyl (C=O) groups is 1. The molecule has 1 saturated heterocycles. The van der Waals surface area contributed by atoms with Gasteiger partial charge in [0.25, 0.3) is 5.91 Å². The fourth-order valence-electron chi connectivity index (χ4n) is 2.21. The van der Waals surface area contributed by atoms with E-state index in [0.29, 0.717) is 17.3 Å². The monoisotopic (exact) mass is 280 g/mol. The van der Waals surface area contributed by atoms with Gasteiger partial charge in [-0.1, -0.05) is 23.8 Å². The van der Waals surface area contributed by atoms with E-state index in [1.807, 2.05) is 6.92 Å². The van der Waals surface area contributed by atoms with Crippen molar-refractivity contribution in [2.24, 2.45) is 5.92 Å². The standard InChI is InChI=1S/C14H17ClN2O2/c1-9(2)13-10(5-6-19-13)7-17-14(18)12-4-3-11(15)8-16-12/h3-4,8,10,13H,1,5-7H2,2H3,(H,17,18). The van der Waals surface area contributed by atoms with Crippen LogP contribution in [0.2, 0.25) is 5.02 Å². The Hall–Kier alpha value is -1.39. The average Bonchev–Trinajstić information content (AvgIpc) is 2.85. The van der Waals surface area contributed by atoms with E-state index in [9.17, 15) is 4.79 Å². The molecule has 2 heterocycles. The molecule has 0 saturated carbocycles. The summed E-state index contributed by atoms with van der Waals surface area (Å²) in [4.78, 5) is 15.9. The first-order valence-corrected chi connectivity index (χ1v) is 6.62. The van der Waals surface area contributed by atoms with Crippen molar-refractivity contribution in [1.82, 2.24) is 10.3 Å². The predicted octanol–water partition coefficient (Wildman–Crippen LogP) is 2.45. The molecule has 5 heteroatoms. The summed E-state index contributed by atoms with van der Waals surface area (Å²) in [6.07, 6.45) is 2.44. The van der Waals surface area contributed by atoms with E-state index >= 15 is 0 Å². The number of rotatable bonds is 4. The largest absolute Gasteiger partial charge is 0.374 e. The summed E-state index contributed by atoms with van der Waals surface area (Å²) in [6.45, 7) is 7.16. The number of hydrogen-bond acceptors (Lipinski definition) is 3. The van der Waals surface area contributed by atoms with Gasteiger partial charge in [0, 0.05) is 25.3 Å². The highest BCUT2D eigenvalue weighted by Gasteiger charge is 2.29. The maximum atomic E-state index is 11.9. The van der Waals surface area contributed by atoms with Gasteiger partial charge in [0.05, 0.1) is 11.1 Å². The fraction of sp³-hybridized carbons (Fsp3) is 0.429. The van der Waals surface area contributed by atoms with Crippen molar-refractivity contribution < 1.29 is 9.53 Å². The number of hydrogen-bond donors (Lipinski definition) is 1. The van der Waals surface area contributed by atoms with Gasteiger partial charge in [0.2, 0.25) is 0 Å². The molecule has 0 spiro atoms. The molecule has 102 valence electrons. The van der Waals surface area contributed by atoms with Crippen molar-refractivity contribution in [3.63, 3.8) is 0 Å². The van der Waals surface area contributed by atoms with E-state index < -0.39 is 0 Å². The van der Waals surface area contributed by atoms with Crippen LogP contribution in [0, 0.1) is 5.92 Å². The molecule has 1 aromatic heterocycles. The third-order valence-electron chi connectivity index (χ3n) is 3.18. The first-order valence-electron chi connectivity index (χ1n) is 6.24. The minimum absolute atomic E-state index is 0.0403. The average molecular weight is 281 g/mol. The van der Waals surface area contributed by atoms with Gasteiger partial charge in [0.1, 0.15) is 5.69 Å². The second-order valence-corrected chi connectivity index (χ2v) is 5.19. The zero-order chi connectivity index (χ0) is 13.8. The van der Waals surface area contributed by atoms with Gasteiger partial charge in [-0.25, -0.2) is 4.98 Å². The van der Waals surface area contributed by atoms with Gasteiger partial charge in [0.15, 0.2) is 0 Å². The summed E-state index contributed by atoms with van der Waals surface area (Å²) < 4.78 is 5.60. The number of pyridine rings is 1. The van der Waals surface area contributed by atoms with Crippen LogP contribution in [-0.4, -0.2) is 30.1 Å². The molecule has 0 aliphatic carbocycles. The molecule has 1 aromatic rings. The maximum Gasteiger partial charge on any atom is 0.269 e. The second-order valence-electron chi connectivity index (χ2n) is 4.76. The quantitative estimate of drug-likeness (QED) is 0.862. The molecule has 1 N–H and O–H groups in total. The fourth-order valence-corrected chi connectivity index (χ4v) is 2.32. The number of nitrogens with one attached hydrogen (secondary N) is 1. The third kappa shape index (κ3) is 3.55. The van der Waals surface area contributed by atoms with Gasteiger partial charge >= 0.3 is 0 Å². The Labute approximate surface area is 117 Å². The van der Waals surface area contributed by atoms with E-state index in [0.717, 1.165) is 18.6 Å². The highest BCUT2D eigenvalue weighted by molar-refractivity contribution is 6.30. The molecule has 2 unspecified atom stereocenters. The molecular weight excluding hydrogens is 264 g/mol. The van der Waals surface area contributed by atoms with Gasteiger partial charge in [-0.15, -0.1) is 0 Å². The van der Waals surface area contributed by atoms with Crippen LogP contribution in [0.15, 0.2) is 30.5 Å². The molecule has 2 atom stereocenters. The molecule has 19 heavy (non-hydrogen) atoms. The molecule has 1 fully saturated rings. The summed E-state index contributed by atoms with van der Waals surface area (Å²) in [6, 6.07) is 3.26. The number of ether oxygens (including phenoxy) is 1. The summed E-state index contributed by atoms with van der Waals surface area (Å²) in [5, 5.41) is 3.40. The predicted molar refractivity (Wildman–Crippen MR) is 74.2 cm³/mol. The van der Waals surface area contributed by atoms with Crippen LogP contribution in [0.25, 0.3) is 0 Å². The number of amides is 1. The lowest BCUT2D eigenvalue weighted by atomic mass is 9.97. The van der Waals surface area contributed by atoms with Crippen molar-refractivity contribution in [2.75, 3.05) is 13.2 Å². The maximum absolute atomic E-state index is 11.9. The first kappa shape index (κ1) is 14.0. The molecular formula is C14H17ClN2O2. The van der Waals surface area contributed by atoms with E-state index in [2.05, 4.69) is 16.9 Å². The van der Waals surface area contributed by atoms with E-state index in [1.54, 1.807) is 12.1 Å². The van der Waals surface area contributed by atoms with Gasteiger partial charge in [-0.05, 0) is 25.5 Å². The van der Waals surface area contributed by atoms with Gasteiger partial charge < -0.3 is 10.1 Å². The Balaban J connectivity index is 1.90. The van der Waals surface area contributed by atoms with E-state index in [-0.39, 0.29) is 17.9 Å². The highest BCUT2D eigenvalue weighted by atomic mass is 35.5. The minimum atomic E-state index is -0.191. The third-order valence-corrected chi connectivity index (χ3v) is 3.41. The lowest BCUT2D eigenvalue weighted by molar-refractivity contribution is 0.0921. The Kier molecular flexibility index (Phi) is 4.56. The summed E-state index contributed by atoms with van der Waals surface area (Å²) in [5.74, 6) is 0.0952. The van der Waals surface area contributed by atoms with Crippen molar-refractivity contribution in [3.8, 4) is 0 Å². The van der Waals surface area contributed by atoms with Crippen molar-refractivity contribution in [2.45, 2.75) is 19.4 Å². The summed E-state index contributed by atoms with van der Waals surface area (Å²) in [5.41, 5.74) is 1.37. The lowest BCUT2D eigenvalue weighted by Crippen LogP contribution is -2.33. The summed E-state index contributed by atoms with van der Waals surface area (Å²) >= 11 is 5.73. The van der Waals surface area contributed by atoms with Crippen LogP contribution in [0.1, 0.15) is 23.8 Å². The van der Waals surface area contributed by atoms with Crippen LogP contribution in [0.4, 0.5) is 0 Å². The zero-order valence-corrected chi connectivity index (χ0v) is 11.6. The van der Waals surface area contributed by atoms with Crippen LogP contribution in [0.3, 0.4) is 0 Å². The van der Waals surface area contributed by atoms with E-state index in [4.69, 9.17) is 16.3 Å². The molecule has 1 aliphatic rings. The van der Waals surface area contributed by atoms with Crippen LogP contribution < -0.4 is 5.32 Å². The van der Waals surface area contributed by atoms with Gasteiger partial charge in [-0.2, -0.15) is 0 Å². The van der Waals surface area contributed by atoms with Crippen molar-refractivity contribution >= 4 is 17.5 Å². The minimum Gasteiger partial charge on any atom is -0.374 e.